The Balaban J connectivity index is 1.45. The third-order valence-electron chi connectivity index (χ3n) is 5.38. The number of amides is 1. The molecule has 4 heterocycles. The Bertz CT molecular complexity index is 399. The molecule has 1 amide bonds. The van der Waals surface area contributed by atoms with Gasteiger partial charge < -0.3 is 9.80 Å². The quantitative estimate of drug-likeness (QED) is 0.790. The summed E-state index contributed by atoms with van der Waals surface area (Å²) in [5.41, 5.74) is 0. The van der Waals surface area contributed by atoms with E-state index >= 15 is 0 Å². The fraction of sp³-hybridized carbons (Fsp3) is 0.933. The highest BCUT2D eigenvalue weighted by Crippen LogP contribution is 2.31. The Morgan fingerprint density at radius 3 is 2.14 bits per heavy atom. The molecule has 4 rings (SSSR count). The normalized spacial score (nSPS) is 33.2. The molecule has 0 saturated carbocycles. The number of rotatable bonds is 3. The lowest BCUT2D eigenvalue weighted by Gasteiger charge is -2.51. The van der Waals surface area contributed by atoms with Gasteiger partial charge >= 0.3 is 6.18 Å². The summed E-state index contributed by atoms with van der Waals surface area (Å²) in [4.78, 5) is 18.4. The van der Waals surface area contributed by atoms with E-state index < -0.39 is 19.0 Å². The zero-order chi connectivity index (χ0) is 15.7. The topological polar surface area (TPSA) is 26.8 Å². The van der Waals surface area contributed by atoms with Crippen molar-refractivity contribution in [3.8, 4) is 0 Å². The summed E-state index contributed by atoms with van der Waals surface area (Å²) in [5.74, 6) is 0.406. The first-order valence-electron chi connectivity index (χ1n) is 8.23. The van der Waals surface area contributed by atoms with Gasteiger partial charge in [0.05, 0.1) is 6.42 Å². The second-order valence-corrected chi connectivity index (χ2v) is 6.74. The van der Waals surface area contributed by atoms with Crippen LogP contribution in [0.1, 0.15) is 25.7 Å². The van der Waals surface area contributed by atoms with Gasteiger partial charge in [0.1, 0.15) is 0 Å². The van der Waals surface area contributed by atoms with Crippen molar-refractivity contribution in [3.63, 3.8) is 0 Å². The molecule has 2 bridgehead atoms. The maximum Gasteiger partial charge on any atom is 0.389 e. The Hall–Kier alpha value is -0.820. The van der Waals surface area contributed by atoms with Crippen molar-refractivity contribution < 1.29 is 18.0 Å². The van der Waals surface area contributed by atoms with E-state index in [0.29, 0.717) is 19.1 Å². The summed E-state index contributed by atoms with van der Waals surface area (Å²) in [6.07, 6.45) is -3.15. The number of alkyl halides is 3. The molecule has 0 aromatic carbocycles. The van der Waals surface area contributed by atoms with Gasteiger partial charge in [-0.1, -0.05) is 0 Å². The van der Waals surface area contributed by atoms with Crippen LogP contribution in [0.25, 0.3) is 0 Å². The maximum atomic E-state index is 12.2. The van der Waals surface area contributed by atoms with Crippen LogP contribution in [0.3, 0.4) is 0 Å². The Morgan fingerprint density at radius 2 is 1.64 bits per heavy atom. The first-order valence-corrected chi connectivity index (χ1v) is 8.23. The SMILES string of the molecule is O=C(CCC(F)(F)F)N1CCN(C2CN3CCC2CC3)CC1. The fourth-order valence-electron chi connectivity index (χ4n) is 4.06. The predicted molar refractivity (Wildman–Crippen MR) is 76.4 cm³/mol. The van der Waals surface area contributed by atoms with E-state index in [0.717, 1.165) is 25.6 Å². The highest BCUT2D eigenvalue weighted by atomic mass is 19.4. The lowest BCUT2D eigenvalue weighted by Crippen LogP contribution is -2.61. The van der Waals surface area contributed by atoms with Crippen LogP contribution in [0.15, 0.2) is 0 Å². The van der Waals surface area contributed by atoms with E-state index in [4.69, 9.17) is 0 Å². The molecule has 1 unspecified atom stereocenters. The molecule has 4 saturated heterocycles. The van der Waals surface area contributed by atoms with Gasteiger partial charge in [0.25, 0.3) is 0 Å². The zero-order valence-electron chi connectivity index (χ0n) is 12.8. The van der Waals surface area contributed by atoms with Crippen LogP contribution >= 0.6 is 0 Å². The molecule has 0 aliphatic carbocycles. The third-order valence-corrected chi connectivity index (χ3v) is 5.38. The van der Waals surface area contributed by atoms with E-state index in [9.17, 15) is 18.0 Å². The number of piperidine rings is 3. The molecule has 0 spiro atoms. The van der Waals surface area contributed by atoms with Gasteiger partial charge in [-0.2, -0.15) is 13.2 Å². The highest BCUT2D eigenvalue weighted by molar-refractivity contribution is 5.76. The summed E-state index contributed by atoms with van der Waals surface area (Å²) in [6, 6.07) is 0.579. The van der Waals surface area contributed by atoms with E-state index in [1.165, 1.54) is 25.9 Å². The zero-order valence-corrected chi connectivity index (χ0v) is 12.8. The van der Waals surface area contributed by atoms with Crippen molar-refractivity contribution in [2.45, 2.75) is 37.9 Å². The Kier molecular flexibility index (Phi) is 4.64. The number of carbonyl (C=O) groups excluding carboxylic acids is 1. The molecule has 4 aliphatic rings. The average molecular weight is 319 g/mol. The lowest BCUT2D eigenvalue weighted by molar-refractivity contribution is -0.150. The van der Waals surface area contributed by atoms with Crippen LogP contribution in [0, 0.1) is 5.92 Å². The van der Waals surface area contributed by atoms with E-state index in [-0.39, 0.29) is 5.91 Å². The van der Waals surface area contributed by atoms with Crippen molar-refractivity contribution >= 4 is 5.91 Å². The molecule has 7 heteroatoms. The molecule has 0 aromatic rings. The number of nitrogens with zero attached hydrogens (tertiary/aromatic N) is 3. The molecular weight excluding hydrogens is 295 g/mol. The molecule has 1 atom stereocenters. The van der Waals surface area contributed by atoms with Gasteiger partial charge in [-0.05, 0) is 31.8 Å². The molecule has 4 aliphatic heterocycles. The van der Waals surface area contributed by atoms with E-state index in [1.807, 2.05) is 0 Å². The molecule has 4 nitrogen and oxygen atoms in total. The minimum atomic E-state index is -4.24. The van der Waals surface area contributed by atoms with Crippen LogP contribution in [-0.2, 0) is 4.79 Å². The predicted octanol–water partition coefficient (Wildman–Crippen LogP) is 1.57. The number of halogens is 3. The summed E-state index contributed by atoms with van der Waals surface area (Å²) in [7, 11) is 0. The summed E-state index contributed by atoms with van der Waals surface area (Å²) in [6.45, 7) is 6.26. The van der Waals surface area contributed by atoms with Gasteiger partial charge in [-0.25, -0.2) is 0 Å². The first kappa shape index (κ1) is 16.1. The summed E-state index contributed by atoms with van der Waals surface area (Å²) < 4.78 is 36.6. The van der Waals surface area contributed by atoms with Gasteiger partial charge in [-0.3, -0.25) is 9.69 Å². The van der Waals surface area contributed by atoms with Crippen molar-refractivity contribution in [2.75, 3.05) is 45.8 Å². The van der Waals surface area contributed by atoms with E-state index in [2.05, 4.69) is 9.80 Å². The molecule has 126 valence electrons. The van der Waals surface area contributed by atoms with Crippen molar-refractivity contribution in [1.29, 1.82) is 0 Å². The summed E-state index contributed by atoms with van der Waals surface area (Å²) in [5, 5.41) is 0. The van der Waals surface area contributed by atoms with Crippen LogP contribution in [0.2, 0.25) is 0 Å². The largest absolute Gasteiger partial charge is 0.389 e. The number of carbonyl (C=O) groups is 1. The molecular formula is C15H24F3N3O. The molecule has 22 heavy (non-hydrogen) atoms. The van der Waals surface area contributed by atoms with Crippen LogP contribution < -0.4 is 0 Å². The summed E-state index contributed by atoms with van der Waals surface area (Å²) >= 11 is 0. The number of piperazine rings is 1. The van der Waals surface area contributed by atoms with Crippen LogP contribution in [0.5, 0.6) is 0 Å². The van der Waals surface area contributed by atoms with Crippen molar-refractivity contribution in [2.24, 2.45) is 5.92 Å². The maximum absolute atomic E-state index is 12.2. The molecule has 0 aromatic heterocycles. The lowest BCUT2D eigenvalue weighted by atomic mass is 9.83. The molecule has 4 fully saturated rings. The second kappa shape index (κ2) is 6.35. The van der Waals surface area contributed by atoms with Crippen molar-refractivity contribution in [3.05, 3.63) is 0 Å². The van der Waals surface area contributed by atoms with E-state index in [1.54, 1.807) is 4.90 Å². The highest BCUT2D eigenvalue weighted by Gasteiger charge is 2.38. The standard InChI is InChI=1S/C15H24F3N3O/c16-15(17,18)4-1-14(22)21-9-7-20(8-10-21)13-11-19-5-2-12(13)3-6-19/h12-13H,1-11H2. The van der Waals surface area contributed by atoms with Crippen LogP contribution in [0.4, 0.5) is 13.2 Å². The second-order valence-electron chi connectivity index (χ2n) is 6.74. The molecule has 0 radical (unpaired) electrons. The number of hydrogen-bond acceptors (Lipinski definition) is 3. The van der Waals surface area contributed by atoms with Crippen molar-refractivity contribution in [1.82, 2.24) is 14.7 Å². The minimum absolute atomic E-state index is 0.356. The Labute approximate surface area is 129 Å². The fourth-order valence-corrected chi connectivity index (χ4v) is 4.06. The van der Waals surface area contributed by atoms with Gasteiger partial charge in [0.2, 0.25) is 5.91 Å². The number of hydrogen-bond donors (Lipinski definition) is 0. The van der Waals surface area contributed by atoms with Gasteiger partial charge in [0.15, 0.2) is 0 Å². The third kappa shape index (κ3) is 3.74. The van der Waals surface area contributed by atoms with Gasteiger partial charge in [-0.15, -0.1) is 0 Å². The van der Waals surface area contributed by atoms with Gasteiger partial charge in [0, 0.05) is 45.2 Å². The average Bonchev–Trinajstić information content (AvgIpc) is 2.53. The first-order chi connectivity index (χ1) is 10.4. The van der Waals surface area contributed by atoms with Crippen LogP contribution in [-0.4, -0.2) is 78.6 Å². The Morgan fingerprint density at radius 1 is 1.00 bits per heavy atom. The minimum Gasteiger partial charge on any atom is -0.340 e. The number of fused-ring (bicyclic) bond motifs is 3. The molecule has 0 N–H and O–H groups in total. The smallest absolute Gasteiger partial charge is 0.340 e. The monoisotopic (exact) mass is 319 g/mol.